The monoisotopic (exact) mass is 292 g/mol. The second-order valence-electron chi connectivity index (χ2n) is 3.89. The molecular formula is C12H15F3N2OS. The van der Waals surface area contributed by atoms with Crippen molar-refractivity contribution >= 4 is 17.6 Å². The van der Waals surface area contributed by atoms with Gasteiger partial charge in [0.05, 0.1) is 5.56 Å². The number of unbranched alkanes of at least 4 members (excludes halogenated alkanes) is 1. The largest absolute Gasteiger partial charge is 0.417 e. The zero-order valence-corrected chi connectivity index (χ0v) is 11.2. The molecule has 19 heavy (non-hydrogen) atoms. The molecule has 0 heterocycles. The van der Waals surface area contributed by atoms with Crippen molar-refractivity contribution in [3.63, 3.8) is 0 Å². The lowest BCUT2D eigenvalue weighted by molar-refractivity contribution is -0.137. The van der Waals surface area contributed by atoms with Crippen LogP contribution in [0.3, 0.4) is 0 Å². The molecule has 0 bridgehead atoms. The Morgan fingerprint density at radius 3 is 2.63 bits per heavy atom. The van der Waals surface area contributed by atoms with E-state index in [0.717, 1.165) is 24.7 Å². The van der Waals surface area contributed by atoms with Crippen molar-refractivity contribution in [1.29, 1.82) is 0 Å². The molecule has 0 unspecified atom stereocenters. The maximum absolute atomic E-state index is 12.9. The highest BCUT2D eigenvalue weighted by atomic mass is 32.2. The maximum Gasteiger partial charge on any atom is 0.417 e. The number of thioether (sulfide) groups is 1. The average molecular weight is 292 g/mol. The fraction of sp³-hybridized carbons (Fsp3) is 0.417. The number of oxime groups is 1. The summed E-state index contributed by atoms with van der Waals surface area (Å²) in [5, 5.41) is 11.1. The van der Waals surface area contributed by atoms with E-state index < -0.39 is 17.6 Å². The van der Waals surface area contributed by atoms with Gasteiger partial charge in [-0.2, -0.15) is 13.2 Å². The first-order valence-electron chi connectivity index (χ1n) is 5.72. The van der Waals surface area contributed by atoms with Gasteiger partial charge in [0.15, 0.2) is 5.84 Å². The summed E-state index contributed by atoms with van der Waals surface area (Å²) in [6.07, 6.45) is -2.61. The third-order valence-corrected chi connectivity index (χ3v) is 3.53. The van der Waals surface area contributed by atoms with Gasteiger partial charge >= 0.3 is 6.18 Å². The van der Waals surface area contributed by atoms with Crippen molar-refractivity contribution in [1.82, 2.24) is 0 Å². The van der Waals surface area contributed by atoms with Crippen LogP contribution in [0.15, 0.2) is 28.3 Å². The van der Waals surface area contributed by atoms with Crippen molar-refractivity contribution in [3.8, 4) is 0 Å². The summed E-state index contributed by atoms with van der Waals surface area (Å²) in [6.45, 7) is 2.02. The number of amidine groups is 1. The first kappa shape index (κ1) is 15.7. The van der Waals surface area contributed by atoms with Gasteiger partial charge in [0.25, 0.3) is 0 Å². The molecule has 7 heteroatoms. The van der Waals surface area contributed by atoms with E-state index in [0.29, 0.717) is 4.90 Å². The zero-order valence-electron chi connectivity index (χ0n) is 10.4. The number of hydrogen-bond donors (Lipinski definition) is 2. The second-order valence-corrected chi connectivity index (χ2v) is 5.06. The fourth-order valence-corrected chi connectivity index (χ4v) is 2.49. The molecule has 0 aromatic heterocycles. The Morgan fingerprint density at radius 2 is 2.11 bits per heavy atom. The first-order chi connectivity index (χ1) is 8.90. The van der Waals surface area contributed by atoms with Gasteiger partial charge < -0.3 is 10.9 Å². The summed E-state index contributed by atoms with van der Waals surface area (Å²) in [5.41, 5.74) is 4.06. The molecule has 1 aromatic rings. The fourth-order valence-electron chi connectivity index (χ4n) is 1.46. The van der Waals surface area contributed by atoms with Crippen molar-refractivity contribution in [2.75, 3.05) is 5.75 Å². The van der Waals surface area contributed by atoms with Crippen LogP contribution in [-0.4, -0.2) is 16.8 Å². The van der Waals surface area contributed by atoms with E-state index in [9.17, 15) is 13.2 Å². The molecule has 0 aliphatic heterocycles. The number of benzene rings is 1. The third-order valence-electron chi connectivity index (χ3n) is 2.45. The molecule has 3 nitrogen and oxygen atoms in total. The molecule has 0 amide bonds. The van der Waals surface area contributed by atoms with Crippen molar-refractivity contribution in [3.05, 3.63) is 29.3 Å². The third kappa shape index (κ3) is 4.34. The van der Waals surface area contributed by atoms with E-state index in [2.05, 4.69) is 5.16 Å². The Balaban J connectivity index is 3.09. The van der Waals surface area contributed by atoms with Crippen LogP contribution in [0.5, 0.6) is 0 Å². The molecule has 0 aliphatic carbocycles. The van der Waals surface area contributed by atoms with Gasteiger partial charge in [-0.25, -0.2) is 0 Å². The minimum Gasteiger partial charge on any atom is -0.409 e. The van der Waals surface area contributed by atoms with Crippen LogP contribution in [-0.2, 0) is 6.18 Å². The Hall–Kier alpha value is -1.37. The molecule has 0 aliphatic rings. The molecule has 1 rings (SSSR count). The molecule has 106 valence electrons. The van der Waals surface area contributed by atoms with Gasteiger partial charge in [-0.15, -0.1) is 11.8 Å². The minimum absolute atomic E-state index is 0.310. The molecule has 0 spiro atoms. The Kier molecular flexibility index (Phi) is 5.53. The minimum atomic E-state index is -4.54. The van der Waals surface area contributed by atoms with Gasteiger partial charge in [-0.3, -0.25) is 0 Å². The molecular weight excluding hydrogens is 277 g/mol. The van der Waals surface area contributed by atoms with E-state index >= 15 is 0 Å². The lowest BCUT2D eigenvalue weighted by Crippen LogP contribution is -2.20. The predicted octanol–water partition coefficient (Wildman–Crippen LogP) is 3.69. The lowest BCUT2D eigenvalue weighted by Gasteiger charge is -2.13. The highest BCUT2D eigenvalue weighted by Crippen LogP contribution is 2.34. The summed E-state index contributed by atoms with van der Waals surface area (Å²) in [4.78, 5) is 0.523. The van der Waals surface area contributed by atoms with Crippen LogP contribution in [0.2, 0.25) is 0 Å². The predicted molar refractivity (Wildman–Crippen MR) is 69.6 cm³/mol. The number of nitrogens with two attached hydrogens (primary N) is 1. The quantitative estimate of drug-likeness (QED) is 0.217. The van der Waals surface area contributed by atoms with Crippen LogP contribution in [0.4, 0.5) is 13.2 Å². The highest BCUT2D eigenvalue weighted by Gasteiger charge is 2.34. The van der Waals surface area contributed by atoms with Crippen molar-refractivity contribution in [2.45, 2.75) is 30.8 Å². The molecule has 3 N–H and O–H groups in total. The number of rotatable bonds is 5. The topological polar surface area (TPSA) is 58.6 Å². The van der Waals surface area contributed by atoms with E-state index in [4.69, 9.17) is 10.9 Å². The van der Waals surface area contributed by atoms with Crippen molar-refractivity contribution in [2.24, 2.45) is 10.9 Å². The Morgan fingerprint density at radius 1 is 1.42 bits per heavy atom. The summed E-state index contributed by atoms with van der Waals surface area (Å²) in [6, 6.07) is 3.81. The van der Waals surface area contributed by atoms with Crippen LogP contribution in [0.25, 0.3) is 0 Å². The number of halogens is 3. The van der Waals surface area contributed by atoms with E-state index in [1.54, 1.807) is 6.07 Å². The summed E-state index contributed by atoms with van der Waals surface area (Å²) in [7, 11) is 0. The van der Waals surface area contributed by atoms with Crippen LogP contribution >= 0.6 is 11.8 Å². The number of alkyl halides is 3. The maximum atomic E-state index is 12.9. The average Bonchev–Trinajstić information content (AvgIpc) is 2.37. The van der Waals surface area contributed by atoms with Crippen molar-refractivity contribution < 1.29 is 18.4 Å². The van der Waals surface area contributed by atoms with Gasteiger partial charge in [0.1, 0.15) is 0 Å². The molecule has 1 aromatic carbocycles. The normalized spacial score (nSPS) is 12.7. The Bertz CT molecular complexity index is 461. The summed E-state index contributed by atoms with van der Waals surface area (Å²) < 4.78 is 38.7. The van der Waals surface area contributed by atoms with Crippen LogP contribution < -0.4 is 5.73 Å². The SMILES string of the molecule is CCCCSc1ccc(/C(N)=N/O)c(C(F)(F)F)c1. The van der Waals surface area contributed by atoms with E-state index in [-0.39, 0.29) is 5.56 Å². The van der Waals surface area contributed by atoms with Gasteiger partial charge in [0.2, 0.25) is 0 Å². The smallest absolute Gasteiger partial charge is 0.409 e. The lowest BCUT2D eigenvalue weighted by atomic mass is 10.1. The van der Waals surface area contributed by atoms with E-state index in [1.165, 1.54) is 17.8 Å². The number of nitrogens with zero attached hydrogens (tertiary/aromatic N) is 1. The molecule has 0 radical (unpaired) electrons. The van der Waals surface area contributed by atoms with Gasteiger partial charge in [-0.1, -0.05) is 18.5 Å². The highest BCUT2D eigenvalue weighted by molar-refractivity contribution is 7.99. The molecule has 0 saturated carbocycles. The number of hydrogen-bond acceptors (Lipinski definition) is 3. The summed E-state index contributed by atoms with van der Waals surface area (Å²) in [5.74, 6) is 0.217. The van der Waals surface area contributed by atoms with Gasteiger partial charge in [0, 0.05) is 10.5 Å². The van der Waals surface area contributed by atoms with E-state index in [1.807, 2.05) is 6.92 Å². The molecule has 0 fully saturated rings. The Labute approximate surface area is 113 Å². The molecule has 0 saturated heterocycles. The first-order valence-corrected chi connectivity index (χ1v) is 6.70. The van der Waals surface area contributed by atoms with Crippen LogP contribution in [0, 0.1) is 0 Å². The second kappa shape index (κ2) is 6.70. The zero-order chi connectivity index (χ0) is 14.5. The summed E-state index contributed by atoms with van der Waals surface area (Å²) >= 11 is 1.36. The van der Waals surface area contributed by atoms with Crippen LogP contribution in [0.1, 0.15) is 30.9 Å². The molecule has 0 atom stereocenters. The van der Waals surface area contributed by atoms with Gasteiger partial charge in [-0.05, 0) is 30.4 Å². The standard InChI is InChI=1S/C12H15F3N2OS/c1-2-3-6-19-8-4-5-9(11(16)17-18)10(7-8)12(13,14)15/h4-5,7,18H,2-3,6H2,1H3,(H2,16,17).